The Hall–Kier alpha value is -0.120. The third-order valence-corrected chi connectivity index (χ3v) is 10.1. The zero-order valence-corrected chi connectivity index (χ0v) is 16.2. The first-order chi connectivity index (χ1) is 11.9. The van der Waals surface area contributed by atoms with Gasteiger partial charge in [-0.15, -0.1) is 0 Å². The van der Waals surface area contributed by atoms with Gasteiger partial charge in [0.05, 0.1) is 19.3 Å². The van der Waals surface area contributed by atoms with Crippen molar-refractivity contribution in [1.29, 1.82) is 0 Å². The third kappa shape index (κ3) is 1.66. The van der Waals surface area contributed by atoms with E-state index in [1.165, 1.54) is 44.9 Å². The molecule has 6 fully saturated rings. The number of ether oxygens (including phenoxy) is 3. The van der Waals surface area contributed by atoms with E-state index < -0.39 is 0 Å². The maximum atomic E-state index is 6.57. The summed E-state index contributed by atoms with van der Waals surface area (Å²) in [6.45, 7) is 9.12. The van der Waals surface area contributed by atoms with Gasteiger partial charge in [-0.3, -0.25) is 0 Å². The van der Waals surface area contributed by atoms with E-state index in [1.54, 1.807) is 0 Å². The van der Waals surface area contributed by atoms with Gasteiger partial charge in [-0.2, -0.15) is 0 Å². The molecule has 0 radical (unpaired) electrons. The lowest BCUT2D eigenvalue weighted by Gasteiger charge is -2.60. The summed E-state index contributed by atoms with van der Waals surface area (Å²) in [5.74, 6) is 3.03. The molecule has 25 heavy (non-hydrogen) atoms. The molecule has 0 aromatic rings. The number of rotatable bonds is 0. The van der Waals surface area contributed by atoms with E-state index in [9.17, 15) is 0 Å². The van der Waals surface area contributed by atoms with Crippen molar-refractivity contribution >= 4 is 0 Å². The van der Waals surface area contributed by atoms with E-state index in [1.807, 2.05) is 0 Å². The van der Waals surface area contributed by atoms with Crippen molar-refractivity contribution in [3.63, 3.8) is 0 Å². The van der Waals surface area contributed by atoms with Crippen LogP contribution in [0.1, 0.15) is 72.1 Å². The molecule has 6 rings (SSSR count). The second-order valence-corrected chi connectivity index (χ2v) is 10.8. The Labute approximate surface area is 152 Å². The third-order valence-electron chi connectivity index (χ3n) is 10.1. The van der Waals surface area contributed by atoms with Crippen LogP contribution in [0.25, 0.3) is 0 Å². The van der Waals surface area contributed by atoms with Gasteiger partial charge in [-0.05, 0) is 68.6 Å². The van der Waals surface area contributed by atoms with Crippen LogP contribution in [0.4, 0.5) is 0 Å². The molecule has 2 heterocycles. The van der Waals surface area contributed by atoms with Gasteiger partial charge in [0.15, 0.2) is 5.79 Å². The minimum atomic E-state index is -0.260. The van der Waals surface area contributed by atoms with E-state index in [2.05, 4.69) is 20.8 Å². The smallest absolute Gasteiger partial charge is 0.174 e. The Balaban J connectivity index is 1.36. The maximum Gasteiger partial charge on any atom is 0.174 e. The zero-order valence-electron chi connectivity index (χ0n) is 16.2. The van der Waals surface area contributed by atoms with Crippen LogP contribution in [0.2, 0.25) is 0 Å². The average molecular weight is 347 g/mol. The fourth-order valence-corrected chi connectivity index (χ4v) is 8.79. The lowest BCUT2D eigenvalue weighted by atomic mass is 9.44. The first-order valence-corrected chi connectivity index (χ1v) is 10.9. The molecule has 0 amide bonds. The van der Waals surface area contributed by atoms with Crippen molar-refractivity contribution in [2.45, 2.75) is 89.6 Å². The van der Waals surface area contributed by atoms with E-state index >= 15 is 0 Å². The second kappa shape index (κ2) is 4.64. The van der Waals surface area contributed by atoms with Crippen LogP contribution in [0.3, 0.4) is 0 Å². The van der Waals surface area contributed by atoms with Crippen LogP contribution in [-0.2, 0) is 14.2 Å². The summed E-state index contributed by atoms with van der Waals surface area (Å²) in [4.78, 5) is 0. The van der Waals surface area contributed by atoms with Crippen molar-refractivity contribution in [1.82, 2.24) is 0 Å². The summed E-state index contributed by atoms with van der Waals surface area (Å²) < 4.78 is 19.1. The van der Waals surface area contributed by atoms with E-state index in [-0.39, 0.29) is 16.8 Å². The molecular formula is C22H34O3. The molecule has 0 aromatic carbocycles. The van der Waals surface area contributed by atoms with Gasteiger partial charge >= 0.3 is 0 Å². The highest BCUT2D eigenvalue weighted by molar-refractivity contribution is 5.24. The molecule has 140 valence electrons. The monoisotopic (exact) mass is 346 g/mol. The summed E-state index contributed by atoms with van der Waals surface area (Å²) in [5, 5.41) is 0. The molecule has 2 saturated heterocycles. The molecule has 6 aliphatic rings. The average Bonchev–Trinajstić information content (AvgIpc) is 2.95. The van der Waals surface area contributed by atoms with Gasteiger partial charge in [0, 0.05) is 17.3 Å². The van der Waals surface area contributed by atoms with Crippen LogP contribution < -0.4 is 0 Å². The standard InChI is InChI=1S/C22H34O3/c1-14-4-7-19(2)16-5-8-20(3)17(6-9-22(20)23-10-11-24-22)15(16)12-18-21(19,13-14)25-18/h14-18H,4-13H2,1-3H3/t14-,15?,16?,17?,18-,19+,20-,21-/m0/s1. The molecule has 4 aliphatic carbocycles. The van der Waals surface area contributed by atoms with Crippen molar-refractivity contribution in [3.8, 4) is 0 Å². The number of epoxide rings is 1. The first kappa shape index (κ1) is 15.9. The van der Waals surface area contributed by atoms with Crippen LogP contribution >= 0.6 is 0 Å². The van der Waals surface area contributed by atoms with Crippen molar-refractivity contribution in [2.75, 3.05) is 13.2 Å². The number of hydrogen-bond donors (Lipinski definition) is 0. The van der Waals surface area contributed by atoms with Gasteiger partial charge in [-0.25, -0.2) is 0 Å². The van der Waals surface area contributed by atoms with Gasteiger partial charge < -0.3 is 14.2 Å². The molecule has 2 aliphatic heterocycles. The lowest BCUT2D eigenvalue weighted by Crippen LogP contribution is -2.59. The Bertz CT molecular complexity index is 598. The van der Waals surface area contributed by atoms with Gasteiger partial charge in [0.1, 0.15) is 5.60 Å². The van der Waals surface area contributed by atoms with Gasteiger partial charge in [0.2, 0.25) is 0 Å². The zero-order chi connectivity index (χ0) is 17.1. The number of hydrogen-bond acceptors (Lipinski definition) is 3. The molecule has 4 saturated carbocycles. The Morgan fingerprint density at radius 3 is 2.32 bits per heavy atom. The summed E-state index contributed by atoms with van der Waals surface area (Å²) in [6.07, 6.45) is 11.0. The van der Waals surface area contributed by atoms with Crippen molar-refractivity contribution in [2.24, 2.45) is 34.5 Å². The second-order valence-electron chi connectivity index (χ2n) is 10.8. The predicted molar refractivity (Wildman–Crippen MR) is 95.0 cm³/mol. The topological polar surface area (TPSA) is 31.0 Å². The molecule has 3 heteroatoms. The Morgan fingerprint density at radius 1 is 0.840 bits per heavy atom. The van der Waals surface area contributed by atoms with Gasteiger partial charge in [-0.1, -0.05) is 20.8 Å². The summed E-state index contributed by atoms with van der Waals surface area (Å²) in [6, 6.07) is 0. The van der Waals surface area contributed by atoms with E-state index in [0.29, 0.717) is 11.5 Å². The largest absolute Gasteiger partial charge is 0.365 e. The molecular weight excluding hydrogens is 312 g/mol. The van der Waals surface area contributed by atoms with Crippen molar-refractivity contribution < 1.29 is 14.2 Å². The van der Waals surface area contributed by atoms with Crippen LogP contribution in [0.15, 0.2) is 0 Å². The van der Waals surface area contributed by atoms with E-state index in [0.717, 1.165) is 43.3 Å². The highest BCUT2D eigenvalue weighted by Crippen LogP contribution is 2.75. The maximum absolute atomic E-state index is 6.57. The molecule has 0 aromatic heterocycles. The highest BCUT2D eigenvalue weighted by Gasteiger charge is 2.77. The van der Waals surface area contributed by atoms with Crippen LogP contribution in [-0.4, -0.2) is 30.7 Å². The molecule has 3 nitrogen and oxygen atoms in total. The van der Waals surface area contributed by atoms with Crippen LogP contribution in [0.5, 0.6) is 0 Å². The fourth-order valence-electron chi connectivity index (χ4n) is 8.79. The minimum Gasteiger partial charge on any atom is -0.365 e. The van der Waals surface area contributed by atoms with Gasteiger partial charge in [0.25, 0.3) is 0 Å². The van der Waals surface area contributed by atoms with E-state index in [4.69, 9.17) is 14.2 Å². The molecule has 0 N–H and O–H groups in total. The normalized spacial score (nSPS) is 61.3. The van der Waals surface area contributed by atoms with Crippen LogP contribution in [0, 0.1) is 34.5 Å². The molecule has 3 unspecified atom stereocenters. The molecule has 8 atom stereocenters. The lowest BCUT2D eigenvalue weighted by molar-refractivity contribution is -0.245. The highest BCUT2D eigenvalue weighted by atomic mass is 16.7. The first-order valence-electron chi connectivity index (χ1n) is 10.9. The summed E-state index contributed by atoms with van der Waals surface area (Å²) in [5.41, 5.74) is 0.885. The quantitative estimate of drug-likeness (QED) is 0.603. The number of fused-ring (bicyclic) bond motifs is 5. The fraction of sp³-hybridized carbons (Fsp3) is 1.00. The Morgan fingerprint density at radius 2 is 1.52 bits per heavy atom. The van der Waals surface area contributed by atoms with Crippen molar-refractivity contribution in [3.05, 3.63) is 0 Å². The summed E-state index contributed by atoms with van der Waals surface area (Å²) >= 11 is 0. The Kier molecular flexibility index (Phi) is 2.95. The minimum absolute atomic E-state index is 0.220. The predicted octanol–water partition coefficient (Wildman–Crippen LogP) is 4.54. The molecule has 2 spiro atoms. The molecule has 0 bridgehead atoms. The SMILES string of the molecule is C[C@H]1CC[C@]2(C)C3CC[C@@]4(C)C(CCC45OCCO5)C3C[C@@H]3O[C@@]32C1. The summed E-state index contributed by atoms with van der Waals surface area (Å²) in [7, 11) is 0.